The van der Waals surface area contributed by atoms with Crippen LogP contribution in [-0.2, 0) is 19.3 Å². The number of ether oxygens (including phenoxy) is 1. The SMILES string of the molecule is COc1cc2c(cc1CC(C)C)-n1c(-c3ccsc3)nc(C(=O)N(C)C(C)(C)C)c1CC2. The Labute approximate surface area is 195 Å². The molecule has 0 N–H and O–H groups in total. The van der Waals surface area contributed by atoms with E-state index in [-0.39, 0.29) is 11.4 Å². The molecule has 6 heteroatoms. The number of hydrogen-bond acceptors (Lipinski definition) is 4. The van der Waals surface area contributed by atoms with E-state index in [1.807, 2.05) is 27.8 Å². The van der Waals surface area contributed by atoms with Crippen LogP contribution in [0.2, 0.25) is 0 Å². The number of aromatic nitrogens is 2. The summed E-state index contributed by atoms with van der Waals surface area (Å²) in [7, 11) is 3.60. The lowest BCUT2D eigenvalue weighted by Gasteiger charge is -2.32. The van der Waals surface area contributed by atoms with Crippen LogP contribution < -0.4 is 4.74 Å². The summed E-state index contributed by atoms with van der Waals surface area (Å²) in [5.74, 6) is 2.28. The summed E-state index contributed by atoms with van der Waals surface area (Å²) < 4.78 is 7.95. The van der Waals surface area contributed by atoms with Crippen molar-refractivity contribution in [3.63, 3.8) is 0 Å². The highest BCUT2D eigenvalue weighted by molar-refractivity contribution is 7.08. The van der Waals surface area contributed by atoms with Crippen molar-refractivity contribution >= 4 is 17.2 Å². The molecule has 0 fully saturated rings. The van der Waals surface area contributed by atoms with Crippen LogP contribution >= 0.6 is 11.3 Å². The van der Waals surface area contributed by atoms with Crippen molar-refractivity contribution in [3.8, 4) is 22.8 Å². The third-order valence-electron chi connectivity index (χ3n) is 6.25. The molecular formula is C26H33N3O2S. The van der Waals surface area contributed by atoms with Crippen molar-refractivity contribution in [3.05, 3.63) is 51.5 Å². The zero-order valence-corrected chi connectivity index (χ0v) is 21.0. The molecule has 3 aromatic rings. The Morgan fingerprint density at radius 2 is 2.03 bits per heavy atom. The van der Waals surface area contributed by atoms with Gasteiger partial charge in [-0.15, -0.1) is 0 Å². The molecule has 0 spiro atoms. The van der Waals surface area contributed by atoms with Crippen molar-refractivity contribution in [2.45, 2.75) is 59.4 Å². The van der Waals surface area contributed by atoms with Crippen LogP contribution in [0.25, 0.3) is 17.1 Å². The number of rotatable bonds is 5. The fourth-order valence-corrected chi connectivity index (χ4v) is 4.90. The number of nitrogens with zero attached hydrogens (tertiary/aromatic N) is 3. The molecule has 0 atom stereocenters. The highest BCUT2D eigenvalue weighted by Gasteiger charge is 2.33. The normalized spacial score (nSPS) is 13.1. The third kappa shape index (κ3) is 3.96. The number of hydrogen-bond donors (Lipinski definition) is 0. The highest BCUT2D eigenvalue weighted by Crippen LogP contribution is 2.38. The lowest BCUT2D eigenvalue weighted by Crippen LogP contribution is -2.43. The van der Waals surface area contributed by atoms with Crippen molar-refractivity contribution < 1.29 is 9.53 Å². The van der Waals surface area contributed by atoms with E-state index in [0.29, 0.717) is 11.6 Å². The Morgan fingerprint density at radius 1 is 1.28 bits per heavy atom. The maximum atomic E-state index is 13.5. The van der Waals surface area contributed by atoms with Crippen molar-refractivity contribution in [2.75, 3.05) is 14.2 Å². The molecule has 1 aliphatic heterocycles. The summed E-state index contributed by atoms with van der Waals surface area (Å²) >= 11 is 1.64. The monoisotopic (exact) mass is 451 g/mol. The zero-order chi connectivity index (χ0) is 23.2. The van der Waals surface area contributed by atoms with E-state index in [2.05, 4.69) is 47.4 Å². The quantitative estimate of drug-likeness (QED) is 0.494. The largest absolute Gasteiger partial charge is 0.496 e. The first-order valence-corrected chi connectivity index (χ1v) is 12.2. The molecule has 0 saturated heterocycles. The molecule has 2 aromatic heterocycles. The number of carbonyl (C=O) groups excluding carboxylic acids is 1. The maximum Gasteiger partial charge on any atom is 0.274 e. The number of imidazole rings is 1. The van der Waals surface area contributed by atoms with E-state index in [9.17, 15) is 4.79 Å². The highest BCUT2D eigenvalue weighted by atomic mass is 32.1. The molecule has 0 saturated carbocycles. The van der Waals surface area contributed by atoms with Gasteiger partial charge in [0, 0.05) is 23.5 Å². The molecule has 5 nitrogen and oxygen atoms in total. The summed E-state index contributed by atoms with van der Waals surface area (Å²) in [4.78, 5) is 20.2. The van der Waals surface area contributed by atoms with Gasteiger partial charge in [0.05, 0.1) is 18.5 Å². The van der Waals surface area contributed by atoms with Gasteiger partial charge in [0.2, 0.25) is 0 Å². The lowest BCUT2D eigenvalue weighted by atomic mass is 9.94. The van der Waals surface area contributed by atoms with Gasteiger partial charge in [-0.1, -0.05) is 13.8 Å². The van der Waals surface area contributed by atoms with Gasteiger partial charge >= 0.3 is 0 Å². The lowest BCUT2D eigenvalue weighted by molar-refractivity contribution is 0.0649. The first-order valence-electron chi connectivity index (χ1n) is 11.2. The Bertz CT molecular complexity index is 1140. The summed E-state index contributed by atoms with van der Waals surface area (Å²) in [6, 6.07) is 6.50. The molecule has 0 aliphatic carbocycles. The van der Waals surface area contributed by atoms with Gasteiger partial charge in [-0.05, 0) is 80.7 Å². The number of amides is 1. The first-order chi connectivity index (χ1) is 15.1. The number of carbonyl (C=O) groups is 1. The summed E-state index contributed by atoms with van der Waals surface area (Å²) in [6.07, 6.45) is 2.57. The minimum atomic E-state index is -0.277. The van der Waals surface area contributed by atoms with E-state index in [1.165, 1.54) is 11.1 Å². The molecular weight excluding hydrogens is 418 g/mol. The van der Waals surface area contributed by atoms with Gasteiger partial charge in [-0.25, -0.2) is 4.98 Å². The number of thiophene rings is 1. The van der Waals surface area contributed by atoms with Crippen molar-refractivity contribution in [1.82, 2.24) is 14.5 Å². The molecule has 1 amide bonds. The Hall–Kier alpha value is -2.60. The number of benzene rings is 1. The summed E-state index contributed by atoms with van der Waals surface area (Å²) in [5.41, 5.74) is 5.88. The van der Waals surface area contributed by atoms with Crippen LogP contribution in [0.4, 0.5) is 0 Å². The van der Waals surface area contributed by atoms with Crippen molar-refractivity contribution in [2.24, 2.45) is 5.92 Å². The average Bonchev–Trinajstić information content (AvgIpc) is 3.38. The third-order valence-corrected chi connectivity index (χ3v) is 6.93. The van der Waals surface area contributed by atoms with Crippen LogP contribution in [0.5, 0.6) is 5.75 Å². The molecule has 0 radical (unpaired) electrons. The fourth-order valence-electron chi connectivity index (χ4n) is 4.27. The van der Waals surface area contributed by atoms with Gasteiger partial charge < -0.3 is 9.64 Å². The molecule has 170 valence electrons. The minimum absolute atomic E-state index is 0.0258. The van der Waals surface area contributed by atoms with Crippen LogP contribution in [0.15, 0.2) is 29.0 Å². The second kappa shape index (κ2) is 8.39. The van der Waals surface area contributed by atoms with E-state index in [0.717, 1.165) is 47.8 Å². The predicted octanol–water partition coefficient (Wildman–Crippen LogP) is 5.78. The molecule has 4 rings (SSSR count). The molecule has 0 bridgehead atoms. The Balaban J connectivity index is 1.94. The van der Waals surface area contributed by atoms with Gasteiger partial charge in [0.15, 0.2) is 5.69 Å². The first kappa shape index (κ1) is 22.6. The van der Waals surface area contributed by atoms with Gasteiger partial charge in [-0.3, -0.25) is 9.36 Å². The smallest absolute Gasteiger partial charge is 0.274 e. The number of aryl methyl sites for hydroxylation is 1. The van der Waals surface area contributed by atoms with E-state index >= 15 is 0 Å². The standard InChI is InChI=1S/C26H33N3O2S/c1-16(2)12-19-13-21-17(14-22(19)31-7)8-9-20-23(25(30)28(6)26(3,4)5)27-24(29(20)21)18-10-11-32-15-18/h10-11,13-16H,8-9,12H2,1-7H3. The van der Waals surface area contributed by atoms with Crippen LogP contribution in [-0.4, -0.2) is 40.1 Å². The molecule has 1 aliphatic rings. The van der Waals surface area contributed by atoms with Crippen LogP contribution in [0.3, 0.4) is 0 Å². The minimum Gasteiger partial charge on any atom is -0.496 e. The van der Waals surface area contributed by atoms with Crippen LogP contribution in [0.1, 0.15) is 61.9 Å². The summed E-state index contributed by atoms with van der Waals surface area (Å²) in [6.45, 7) is 10.6. The van der Waals surface area contributed by atoms with E-state index in [1.54, 1.807) is 23.3 Å². The van der Waals surface area contributed by atoms with E-state index in [4.69, 9.17) is 9.72 Å². The fraction of sp³-hybridized carbons (Fsp3) is 0.462. The average molecular weight is 452 g/mol. The molecule has 3 heterocycles. The molecule has 1 aromatic carbocycles. The molecule has 32 heavy (non-hydrogen) atoms. The number of methoxy groups -OCH3 is 1. The topological polar surface area (TPSA) is 47.4 Å². The van der Waals surface area contributed by atoms with Crippen LogP contribution in [0, 0.1) is 5.92 Å². The number of fused-ring (bicyclic) bond motifs is 3. The maximum absolute atomic E-state index is 13.5. The predicted molar refractivity (Wildman–Crippen MR) is 131 cm³/mol. The summed E-state index contributed by atoms with van der Waals surface area (Å²) in [5, 5.41) is 4.16. The van der Waals surface area contributed by atoms with Gasteiger partial charge in [0.25, 0.3) is 5.91 Å². The zero-order valence-electron chi connectivity index (χ0n) is 20.2. The second-order valence-corrected chi connectivity index (χ2v) is 10.8. The van der Waals surface area contributed by atoms with Gasteiger partial charge in [-0.2, -0.15) is 11.3 Å². The van der Waals surface area contributed by atoms with Crippen molar-refractivity contribution in [1.29, 1.82) is 0 Å². The second-order valence-electron chi connectivity index (χ2n) is 10.0. The Kier molecular flexibility index (Phi) is 5.93. The molecule has 0 unspecified atom stereocenters. The Morgan fingerprint density at radius 3 is 2.62 bits per heavy atom. The van der Waals surface area contributed by atoms with Gasteiger partial charge in [0.1, 0.15) is 11.6 Å². The van der Waals surface area contributed by atoms with E-state index < -0.39 is 0 Å².